The van der Waals surface area contributed by atoms with Crippen molar-refractivity contribution in [1.29, 1.82) is 0 Å². The lowest BCUT2D eigenvalue weighted by Gasteiger charge is -2.05. The van der Waals surface area contributed by atoms with Gasteiger partial charge in [-0.3, -0.25) is 0 Å². The van der Waals surface area contributed by atoms with Crippen LogP contribution in [0.5, 0.6) is 0 Å². The smallest absolute Gasteiger partial charge is 0.0456 e. The summed E-state index contributed by atoms with van der Waals surface area (Å²) in [4.78, 5) is 3.23. The Morgan fingerprint density at radius 3 is 2.93 bits per heavy atom. The molecule has 15 heavy (non-hydrogen) atoms. The fraction of sp³-hybridized carbons (Fsp3) is 0.385. The third-order valence-electron chi connectivity index (χ3n) is 2.91. The van der Waals surface area contributed by atoms with Crippen LogP contribution in [0, 0.1) is 6.92 Å². The second-order valence-corrected chi connectivity index (χ2v) is 4.09. The highest BCUT2D eigenvalue weighted by atomic mass is 14.7. The van der Waals surface area contributed by atoms with Crippen LogP contribution in [-0.2, 0) is 6.42 Å². The van der Waals surface area contributed by atoms with Crippen molar-refractivity contribution in [2.24, 2.45) is 5.73 Å². The third kappa shape index (κ3) is 2.21. The molecular formula is C13H18N2. The molecule has 2 aromatic rings. The molecule has 0 spiro atoms. The zero-order chi connectivity index (χ0) is 10.7. The molecule has 1 aromatic carbocycles. The van der Waals surface area contributed by atoms with Gasteiger partial charge in [-0.2, -0.15) is 0 Å². The Bertz CT molecular complexity index is 443. The first-order chi connectivity index (χ1) is 7.31. The van der Waals surface area contributed by atoms with Crippen LogP contribution in [0.4, 0.5) is 0 Å². The average molecular weight is 202 g/mol. The maximum atomic E-state index is 5.50. The van der Waals surface area contributed by atoms with E-state index in [0.29, 0.717) is 0 Å². The van der Waals surface area contributed by atoms with Crippen molar-refractivity contribution < 1.29 is 0 Å². The van der Waals surface area contributed by atoms with Gasteiger partial charge in [-0.1, -0.05) is 0 Å². The second-order valence-electron chi connectivity index (χ2n) is 4.09. The van der Waals surface area contributed by atoms with Gasteiger partial charge in [0, 0.05) is 11.7 Å². The minimum absolute atomic E-state index is 0.797. The van der Waals surface area contributed by atoms with Crippen LogP contribution in [0.25, 0.3) is 10.9 Å². The lowest BCUT2D eigenvalue weighted by molar-refractivity contribution is 0.743. The minimum Gasteiger partial charge on any atom is -0.361 e. The molecule has 0 atom stereocenters. The predicted octanol–water partition coefficient (Wildman–Crippen LogP) is 2.76. The van der Waals surface area contributed by atoms with Gasteiger partial charge in [0.1, 0.15) is 0 Å². The fourth-order valence-electron chi connectivity index (χ4n) is 1.99. The molecule has 1 aromatic heterocycles. The molecule has 0 bridgehead atoms. The first-order valence-electron chi connectivity index (χ1n) is 5.58. The molecule has 0 aliphatic rings. The molecule has 0 saturated carbocycles. The summed E-state index contributed by atoms with van der Waals surface area (Å²) in [6.07, 6.45) is 5.44. The highest BCUT2D eigenvalue weighted by Gasteiger charge is 2.01. The van der Waals surface area contributed by atoms with Crippen LogP contribution in [0.3, 0.4) is 0 Å². The van der Waals surface area contributed by atoms with Crippen molar-refractivity contribution in [3.63, 3.8) is 0 Å². The summed E-state index contributed by atoms with van der Waals surface area (Å²) in [7, 11) is 0. The Labute approximate surface area is 90.5 Å². The van der Waals surface area contributed by atoms with Gasteiger partial charge >= 0.3 is 0 Å². The third-order valence-corrected chi connectivity index (χ3v) is 2.91. The minimum atomic E-state index is 0.797. The quantitative estimate of drug-likeness (QED) is 0.735. The number of aryl methyl sites for hydroxylation is 2. The Morgan fingerprint density at radius 1 is 1.27 bits per heavy atom. The monoisotopic (exact) mass is 202 g/mol. The Balaban J connectivity index is 2.22. The summed E-state index contributed by atoms with van der Waals surface area (Å²) in [5.41, 5.74) is 9.56. The maximum Gasteiger partial charge on any atom is 0.0456 e. The van der Waals surface area contributed by atoms with Crippen LogP contribution in [-0.4, -0.2) is 11.5 Å². The van der Waals surface area contributed by atoms with Gasteiger partial charge in [0.15, 0.2) is 0 Å². The van der Waals surface area contributed by atoms with Gasteiger partial charge in [-0.25, -0.2) is 0 Å². The molecule has 1 heterocycles. The van der Waals surface area contributed by atoms with Crippen molar-refractivity contribution in [3.05, 3.63) is 35.5 Å². The highest BCUT2D eigenvalue weighted by molar-refractivity contribution is 5.81. The number of nitrogens with one attached hydrogen (secondary N) is 1. The van der Waals surface area contributed by atoms with Crippen LogP contribution in [0.15, 0.2) is 24.4 Å². The van der Waals surface area contributed by atoms with E-state index in [2.05, 4.69) is 30.1 Å². The average Bonchev–Trinajstić information content (AvgIpc) is 2.65. The summed E-state index contributed by atoms with van der Waals surface area (Å²) < 4.78 is 0. The molecule has 0 aliphatic carbocycles. The lowest BCUT2D eigenvalue weighted by Crippen LogP contribution is -1.99. The van der Waals surface area contributed by atoms with Crippen molar-refractivity contribution in [2.45, 2.75) is 26.2 Å². The lowest BCUT2D eigenvalue weighted by atomic mass is 10.0. The van der Waals surface area contributed by atoms with E-state index in [-0.39, 0.29) is 0 Å². The fourth-order valence-corrected chi connectivity index (χ4v) is 1.99. The number of H-pyrrole nitrogens is 1. The predicted molar refractivity (Wildman–Crippen MR) is 65.0 cm³/mol. The van der Waals surface area contributed by atoms with E-state index >= 15 is 0 Å². The van der Waals surface area contributed by atoms with E-state index in [1.165, 1.54) is 28.5 Å². The van der Waals surface area contributed by atoms with E-state index in [1.54, 1.807) is 0 Å². The van der Waals surface area contributed by atoms with Crippen molar-refractivity contribution in [2.75, 3.05) is 6.54 Å². The Morgan fingerprint density at radius 2 is 2.13 bits per heavy atom. The molecule has 80 valence electrons. The standard InChI is InChI=1S/C13H18N2/c1-10-8-13-12(5-7-15-13)9-11(10)4-2-3-6-14/h5,7-9,15H,2-4,6,14H2,1H3. The van der Waals surface area contributed by atoms with Crippen molar-refractivity contribution >= 4 is 10.9 Å². The summed E-state index contributed by atoms with van der Waals surface area (Å²) >= 11 is 0. The normalized spacial score (nSPS) is 11.1. The number of aromatic amines is 1. The van der Waals surface area contributed by atoms with Gasteiger partial charge in [0.05, 0.1) is 0 Å². The van der Waals surface area contributed by atoms with Crippen LogP contribution in [0.1, 0.15) is 24.0 Å². The van der Waals surface area contributed by atoms with Crippen LogP contribution < -0.4 is 5.73 Å². The molecular weight excluding hydrogens is 184 g/mol. The largest absolute Gasteiger partial charge is 0.361 e. The maximum absolute atomic E-state index is 5.50. The van der Waals surface area contributed by atoms with Gasteiger partial charge < -0.3 is 10.7 Å². The zero-order valence-electron chi connectivity index (χ0n) is 9.22. The van der Waals surface area contributed by atoms with Gasteiger partial charge in [0.2, 0.25) is 0 Å². The second kappa shape index (κ2) is 4.49. The SMILES string of the molecule is Cc1cc2[nH]ccc2cc1CCCCN. The molecule has 0 unspecified atom stereocenters. The number of nitrogens with two attached hydrogens (primary N) is 1. The molecule has 0 radical (unpaired) electrons. The van der Waals surface area contributed by atoms with Crippen LogP contribution >= 0.6 is 0 Å². The van der Waals surface area contributed by atoms with E-state index < -0.39 is 0 Å². The van der Waals surface area contributed by atoms with Gasteiger partial charge in [0.25, 0.3) is 0 Å². The highest BCUT2D eigenvalue weighted by Crippen LogP contribution is 2.19. The Kier molecular flexibility index (Phi) is 3.07. The van der Waals surface area contributed by atoms with Crippen LogP contribution in [0.2, 0.25) is 0 Å². The summed E-state index contributed by atoms with van der Waals surface area (Å²) in [6, 6.07) is 6.64. The first-order valence-corrected chi connectivity index (χ1v) is 5.58. The molecule has 0 fully saturated rings. The summed E-state index contributed by atoms with van der Waals surface area (Å²) in [5, 5.41) is 1.31. The summed E-state index contributed by atoms with van der Waals surface area (Å²) in [5.74, 6) is 0. The van der Waals surface area contributed by atoms with Crippen molar-refractivity contribution in [1.82, 2.24) is 4.98 Å². The first kappa shape index (κ1) is 10.2. The zero-order valence-corrected chi connectivity index (χ0v) is 9.22. The number of hydrogen-bond donors (Lipinski definition) is 2. The Hall–Kier alpha value is -1.28. The molecule has 2 nitrogen and oxygen atoms in total. The van der Waals surface area contributed by atoms with Crippen molar-refractivity contribution in [3.8, 4) is 0 Å². The van der Waals surface area contributed by atoms with E-state index in [4.69, 9.17) is 5.73 Å². The molecule has 2 heteroatoms. The molecule has 3 N–H and O–H groups in total. The number of benzene rings is 1. The molecule has 0 aliphatic heterocycles. The van der Waals surface area contributed by atoms with E-state index in [1.807, 2.05) is 6.20 Å². The molecule has 0 saturated heterocycles. The number of rotatable bonds is 4. The number of hydrogen-bond acceptors (Lipinski definition) is 1. The number of fused-ring (bicyclic) bond motifs is 1. The van der Waals surface area contributed by atoms with Gasteiger partial charge in [-0.05, 0) is 67.4 Å². The topological polar surface area (TPSA) is 41.8 Å². The molecule has 2 rings (SSSR count). The number of unbranched alkanes of at least 4 members (excludes halogenated alkanes) is 1. The van der Waals surface area contributed by atoms with Gasteiger partial charge in [-0.15, -0.1) is 0 Å². The molecule has 0 amide bonds. The summed E-state index contributed by atoms with van der Waals surface area (Å²) in [6.45, 7) is 2.98. The van der Waals surface area contributed by atoms with E-state index in [0.717, 1.165) is 19.4 Å². The number of aromatic nitrogens is 1. The van der Waals surface area contributed by atoms with E-state index in [9.17, 15) is 0 Å².